The molecule has 0 amide bonds. The first-order valence-corrected chi connectivity index (χ1v) is 5.88. The minimum absolute atomic E-state index is 0.279. The monoisotopic (exact) mass is 259 g/mol. The normalized spacial score (nSPS) is 11.1. The standard InChI is InChI=1S/C14H11F2N3/c1-8-2-5-12-14(17-8)19-13(18-12)6-9-3-4-10(15)7-11(9)16/h2-5,7H,6H2,1H3,(H,17,18,19). The Bertz CT molecular complexity index is 750. The number of hydrogen-bond donors (Lipinski definition) is 1. The number of fused-ring (bicyclic) bond motifs is 1. The number of pyridine rings is 1. The van der Waals surface area contributed by atoms with E-state index in [9.17, 15) is 8.78 Å². The van der Waals surface area contributed by atoms with Gasteiger partial charge in [-0.05, 0) is 30.7 Å². The highest BCUT2D eigenvalue weighted by Crippen LogP contribution is 2.15. The number of rotatable bonds is 2. The van der Waals surface area contributed by atoms with E-state index >= 15 is 0 Å². The molecule has 0 aliphatic carbocycles. The summed E-state index contributed by atoms with van der Waals surface area (Å²) in [6, 6.07) is 7.30. The topological polar surface area (TPSA) is 41.6 Å². The molecule has 5 heteroatoms. The molecule has 0 fully saturated rings. The van der Waals surface area contributed by atoms with Gasteiger partial charge in [-0.2, -0.15) is 0 Å². The van der Waals surface area contributed by atoms with E-state index in [4.69, 9.17) is 0 Å². The summed E-state index contributed by atoms with van der Waals surface area (Å²) in [6.45, 7) is 1.88. The Morgan fingerprint density at radius 2 is 1.95 bits per heavy atom. The lowest BCUT2D eigenvalue weighted by Crippen LogP contribution is -1.95. The van der Waals surface area contributed by atoms with Crippen LogP contribution in [0.25, 0.3) is 11.2 Å². The van der Waals surface area contributed by atoms with Gasteiger partial charge in [-0.3, -0.25) is 0 Å². The zero-order chi connectivity index (χ0) is 13.4. The number of aryl methyl sites for hydroxylation is 1. The number of nitrogens with one attached hydrogen (secondary N) is 1. The van der Waals surface area contributed by atoms with E-state index in [1.807, 2.05) is 19.1 Å². The highest BCUT2D eigenvalue weighted by atomic mass is 19.1. The number of H-pyrrole nitrogens is 1. The molecule has 3 aromatic rings. The van der Waals surface area contributed by atoms with E-state index in [1.54, 1.807) is 0 Å². The SMILES string of the molecule is Cc1ccc2[nH]c(Cc3ccc(F)cc3F)nc2n1. The summed E-state index contributed by atoms with van der Waals surface area (Å²) in [5.74, 6) is -0.536. The lowest BCUT2D eigenvalue weighted by atomic mass is 10.1. The maximum Gasteiger partial charge on any atom is 0.177 e. The molecule has 0 radical (unpaired) electrons. The van der Waals surface area contributed by atoms with Gasteiger partial charge in [0.25, 0.3) is 0 Å². The molecule has 19 heavy (non-hydrogen) atoms. The molecule has 3 rings (SSSR count). The summed E-state index contributed by atoms with van der Waals surface area (Å²) in [6.07, 6.45) is 0.279. The summed E-state index contributed by atoms with van der Waals surface area (Å²) in [7, 11) is 0. The minimum Gasteiger partial charge on any atom is -0.340 e. The lowest BCUT2D eigenvalue weighted by Gasteiger charge is -2.00. The van der Waals surface area contributed by atoms with Crippen LogP contribution in [0.15, 0.2) is 30.3 Å². The first-order valence-electron chi connectivity index (χ1n) is 5.88. The van der Waals surface area contributed by atoms with Gasteiger partial charge in [0.05, 0.1) is 5.52 Å². The van der Waals surface area contributed by atoms with Crippen molar-refractivity contribution in [3.8, 4) is 0 Å². The fourth-order valence-electron chi connectivity index (χ4n) is 1.97. The molecule has 0 atom stereocenters. The molecule has 0 aliphatic heterocycles. The fourth-order valence-corrected chi connectivity index (χ4v) is 1.97. The molecular formula is C14H11F2N3. The molecule has 1 N–H and O–H groups in total. The van der Waals surface area contributed by atoms with E-state index in [0.717, 1.165) is 17.3 Å². The zero-order valence-electron chi connectivity index (χ0n) is 10.2. The Kier molecular flexibility index (Phi) is 2.74. The summed E-state index contributed by atoms with van der Waals surface area (Å²) < 4.78 is 26.4. The van der Waals surface area contributed by atoms with E-state index in [0.29, 0.717) is 17.0 Å². The molecule has 3 nitrogen and oxygen atoms in total. The van der Waals surface area contributed by atoms with Crippen LogP contribution in [0.1, 0.15) is 17.1 Å². The number of aromatic nitrogens is 3. The summed E-state index contributed by atoms with van der Waals surface area (Å²) in [5, 5.41) is 0. The lowest BCUT2D eigenvalue weighted by molar-refractivity contribution is 0.574. The molecular weight excluding hydrogens is 248 g/mol. The van der Waals surface area contributed by atoms with Crippen LogP contribution >= 0.6 is 0 Å². The van der Waals surface area contributed by atoms with Gasteiger partial charge in [-0.15, -0.1) is 0 Å². The van der Waals surface area contributed by atoms with Gasteiger partial charge < -0.3 is 4.98 Å². The second-order valence-corrected chi connectivity index (χ2v) is 4.42. The number of nitrogens with zero attached hydrogens (tertiary/aromatic N) is 2. The number of benzene rings is 1. The van der Waals surface area contributed by atoms with Crippen LogP contribution in [-0.2, 0) is 6.42 Å². The number of imidazole rings is 1. The zero-order valence-corrected chi connectivity index (χ0v) is 10.2. The number of aromatic amines is 1. The van der Waals surface area contributed by atoms with Crippen molar-refractivity contribution in [3.05, 3.63) is 59.0 Å². The van der Waals surface area contributed by atoms with Gasteiger partial charge in [0, 0.05) is 18.2 Å². The first kappa shape index (κ1) is 11.8. The van der Waals surface area contributed by atoms with Crippen LogP contribution in [0.5, 0.6) is 0 Å². The Morgan fingerprint density at radius 3 is 2.74 bits per heavy atom. The van der Waals surface area contributed by atoms with Crippen molar-refractivity contribution in [2.45, 2.75) is 13.3 Å². The molecule has 0 saturated carbocycles. The molecule has 2 heterocycles. The maximum absolute atomic E-state index is 13.6. The van der Waals surface area contributed by atoms with Crippen molar-refractivity contribution >= 4 is 11.2 Å². The summed E-state index contributed by atoms with van der Waals surface area (Å²) in [4.78, 5) is 11.7. The highest BCUT2D eigenvalue weighted by molar-refractivity contribution is 5.70. The molecule has 0 bridgehead atoms. The molecule has 0 aliphatic rings. The van der Waals surface area contributed by atoms with Crippen LogP contribution in [0, 0.1) is 18.6 Å². The predicted octanol–water partition coefficient (Wildman–Crippen LogP) is 3.14. The first-order chi connectivity index (χ1) is 9.11. The van der Waals surface area contributed by atoms with Crippen LogP contribution in [0.3, 0.4) is 0 Å². The third-order valence-electron chi connectivity index (χ3n) is 2.91. The Labute approximate surface area is 108 Å². The number of halogens is 2. The van der Waals surface area contributed by atoms with Crippen molar-refractivity contribution in [3.63, 3.8) is 0 Å². The van der Waals surface area contributed by atoms with Crippen molar-refractivity contribution in [1.29, 1.82) is 0 Å². The van der Waals surface area contributed by atoms with Crippen LogP contribution in [-0.4, -0.2) is 15.0 Å². The van der Waals surface area contributed by atoms with E-state index in [-0.39, 0.29) is 6.42 Å². The van der Waals surface area contributed by atoms with Crippen molar-refractivity contribution in [2.75, 3.05) is 0 Å². The molecule has 96 valence electrons. The van der Waals surface area contributed by atoms with Crippen molar-refractivity contribution < 1.29 is 8.78 Å². The van der Waals surface area contributed by atoms with Crippen LogP contribution in [0.2, 0.25) is 0 Å². The van der Waals surface area contributed by atoms with Gasteiger partial charge in [0.15, 0.2) is 5.65 Å². The quantitative estimate of drug-likeness (QED) is 0.768. The van der Waals surface area contributed by atoms with Crippen LogP contribution < -0.4 is 0 Å². The molecule has 2 aromatic heterocycles. The average molecular weight is 259 g/mol. The van der Waals surface area contributed by atoms with Gasteiger partial charge >= 0.3 is 0 Å². The Morgan fingerprint density at radius 1 is 1.11 bits per heavy atom. The minimum atomic E-state index is -0.580. The molecule has 1 aromatic carbocycles. The van der Waals surface area contributed by atoms with E-state index in [1.165, 1.54) is 12.1 Å². The van der Waals surface area contributed by atoms with Gasteiger partial charge in [0.1, 0.15) is 17.5 Å². The average Bonchev–Trinajstić information content (AvgIpc) is 2.74. The summed E-state index contributed by atoms with van der Waals surface area (Å²) >= 11 is 0. The van der Waals surface area contributed by atoms with Gasteiger partial charge in [0.2, 0.25) is 0 Å². The van der Waals surface area contributed by atoms with Gasteiger partial charge in [-0.25, -0.2) is 18.7 Å². The third-order valence-corrected chi connectivity index (χ3v) is 2.91. The Balaban J connectivity index is 1.96. The second kappa shape index (κ2) is 4.42. The molecule has 0 unspecified atom stereocenters. The second-order valence-electron chi connectivity index (χ2n) is 4.42. The van der Waals surface area contributed by atoms with Crippen molar-refractivity contribution in [2.24, 2.45) is 0 Å². The smallest absolute Gasteiger partial charge is 0.177 e. The number of hydrogen-bond acceptors (Lipinski definition) is 2. The third kappa shape index (κ3) is 2.31. The Hall–Kier alpha value is -2.30. The molecule has 0 saturated heterocycles. The van der Waals surface area contributed by atoms with Crippen LogP contribution in [0.4, 0.5) is 8.78 Å². The van der Waals surface area contributed by atoms with Gasteiger partial charge in [-0.1, -0.05) is 6.07 Å². The highest BCUT2D eigenvalue weighted by Gasteiger charge is 2.09. The summed E-state index contributed by atoms with van der Waals surface area (Å²) in [5.41, 5.74) is 2.69. The van der Waals surface area contributed by atoms with E-state index < -0.39 is 11.6 Å². The van der Waals surface area contributed by atoms with Crippen molar-refractivity contribution in [1.82, 2.24) is 15.0 Å². The largest absolute Gasteiger partial charge is 0.340 e. The van der Waals surface area contributed by atoms with E-state index in [2.05, 4.69) is 15.0 Å². The molecule has 0 spiro atoms. The fraction of sp³-hybridized carbons (Fsp3) is 0.143. The predicted molar refractivity (Wildman–Crippen MR) is 67.8 cm³/mol. The maximum atomic E-state index is 13.6.